The summed E-state index contributed by atoms with van der Waals surface area (Å²) in [4.78, 5) is 0. The molecule has 2 heterocycles. The summed E-state index contributed by atoms with van der Waals surface area (Å²) in [7, 11) is -2.98. The van der Waals surface area contributed by atoms with Crippen LogP contribution in [0.5, 0.6) is 0 Å². The second-order valence-electron chi connectivity index (χ2n) is 5.02. The molecule has 0 radical (unpaired) electrons. The quantitative estimate of drug-likeness (QED) is 0.833. The van der Waals surface area contributed by atoms with E-state index in [0.29, 0.717) is 25.2 Å². The Morgan fingerprint density at radius 3 is 2.41 bits per heavy atom. The minimum Gasteiger partial charge on any atom is -0.310 e. The average molecular weight is 278 g/mol. The number of hydrogen-bond acceptors (Lipinski definition) is 4. The molecule has 1 unspecified atom stereocenters. The monoisotopic (exact) mass is 278 g/mol. The lowest BCUT2D eigenvalue weighted by Gasteiger charge is -2.34. The fourth-order valence-corrected chi connectivity index (χ4v) is 4.52. The molecule has 0 aromatic heterocycles. The second-order valence-corrected chi connectivity index (χ2v) is 8.15. The lowest BCUT2D eigenvalue weighted by atomic mass is 10.0. The molecule has 1 N–H and O–H groups in total. The molecule has 0 saturated carbocycles. The summed E-state index contributed by atoms with van der Waals surface area (Å²) < 4.78 is 24.4. The fraction of sp³-hybridized carbons (Fsp3) is 1.00. The van der Waals surface area contributed by atoms with Crippen LogP contribution in [0.15, 0.2) is 0 Å². The standard InChI is InChI=1S/C11H22N2O2S2/c1-17(14,15)13-6-4-10(5-7-13)12-11-3-2-8-16-9-11/h10-12H,2-9H2,1H3. The van der Waals surface area contributed by atoms with Crippen molar-refractivity contribution in [1.29, 1.82) is 0 Å². The molecule has 0 amide bonds. The highest BCUT2D eigenvalue weighted by atomic mass is 32.2. The first-order chi connectivity index (χ1) is 8.05. The summed E-state index contributed by atoms with van der Waals surface area (Å²) >= 11 is 2.03. The zero-order chi connectivity index (χ0) is 12.3. The number of sulfonamides is 1. The first kappa shape index (κ1) is 13.6. The van der Waals surface area contributed by atoms with Crippen LogP contribution in [0.2, 0.25) is 0 Å². The van der Waals surface area contributed by atoms with Crippen molar-refractivity contribution in [2.75, 3.05) is 30.9 Å². The van der Waals surface area contributed by atoms with Crippen molar-refractivity contribution < 1.29 is 8.42 Å². The SMILES string of the molecule is CS(=O)(=O)N1CCC(NC2CCCSC2)CC1. The van der Waals surface area contributed by atoms with Crippen LogP contribution in [-0.2, 0) is 10.0 Å². The van der Waals surface area contributed by atoms with E-state index in [1.807, 2.05) is 11.8 Å². The van der Waals surface area contributed by atoms with Crippen molar-refractivity contribution in [1.82, 2.24) is 9.62 Å². The van der Waals surface area contributed by atoms with Gasteiger partial charge in [-0.15, -0.1) is 0 Å². The minimum absolute atomic E-state index is 0.511. The van der Waals surface area contributed by atoms with Gasteiger partial charge in [0.2, 0.25) is 10.0 Å². The predicted molar refractivity (Wildman–Crippen MR) is 72.9 cm³/mol. The van der Waals surface area contributed by atoms with Gasteiger partial charge < -0.3 is 5.32 Å². The maximum Gasteiger partial charge on any atom is 0.211 e. The van der Waals surface area contributed by atoms with E-state index in [1.165, 1.54) is 30.6 Å². The Balaban J connectivity index is 1.75. The van der Waals surface area contributed by atoms with E-state index >= 15 is 0 Å². The van der Waals surface area contributed by atoms with E-state index in [1.54, 1.807) is 4.31 Å². The first-order valence-electron chi connectivity index (χ1n) is 6.34. The van der Waals surface area contributed by atoms with Crippen LogP contribution >= 0.6 is 11.8 Å². The van der Waals surface area contributed by atoms with Gasteiger partial charge in [0.15, 0.2) is 0 Å². The van der Waals surface area contributed by atoms with Crippen molar-refractivity contribution in [3.8, 4) is 0 Å². The lowest BCUT2D eigenvalue weighted by molar-refractivity contribution is 0.274. The third kappa shape index (κ3) is 4.12. The smallest absolute Gasteiger partial charge is 0.211 e. The van der Waals surface area contributed by atoms with Gasteiger partial charge >= 0.3 is 0 Å². The van der Waals surface area contributed by atoms with Gasteiger partial charge in [0.1, 0.15) is 0 Å². The van der Waals surface area contributed by atoms with Crippen LogP contribution in [0, 0.1) is 0 Å². The molecule has 1 atom stereocenters. The molecule has 2 rings (SSSR count). The summed E-state index contributed by atoms with van der Waals surface area (Å²) in [6, 6.07) is 1.15. The molecule has 100 valence electrons. The van der Waals surface area contributed by atoms with E-state index in [2.05, 4.69) is 5.32 Å². The molecule has 2 aliphatic rings. The normalized spacial score (nSPS) is 29.4. The number of nitrogens with zero attached hydrogens (tertiary/aromatic N) is 1. The molecule has 0 spiro atoms. The molecule has 0 aromatic carbocycles. The highest BCUT2D eigenvalue weighted by molar-refractivity contribution is 7.99. The molecule has 2 fully saturated rings. The molecular weight excluding hydrogens is 256 g/mol. The largest absolute Gasteiger partial charge is 0.310 e. The van der Waals surface area contributed by atoms with Gasteiger partial charge in [-0.2, -0.15) is 11.8 Å². The number of piperidine rings is 1. The molecule has 0 bridgehead atoms. The van der Waals surface area contributed by atoms with E-state index in [9.17, 15) is 8.42 Å². The maximum atomic E-state index is 11.4. The zero-order valence-corrected chi connectivity index (χ0v) is 12.0. The van der Waals surface area contributed by atoms with Crippen molar-refractivity contribution in [2.24, 2.45) is 0 Å². The molecule has 0 aromatic rings. The summed E-state index contributed by atoms with van der Waals surface area (Å²) in [5.41, 5.74) is 0. The fourth-order valence-electron chi connectivity index (χ4n) is 2.56. The molecule has 2 aliphatic heterocycles. The number of rotatable bonds is 3. The van der Waals surface area contributed by atoms with Gasteiger partial charge in [0.05, 0.1) is 6.26 Å². The van der Waals surface area contributed by atoms with Gasteiger partial charge in [0.25, 0.3) is 0 Å². The zero-order valence-electron chi connectivity index (χ0n) is 10.4. The van der Waals surface area contributed by atoms with Crippen LogP contribution in [-0.4, -0.2) is 55.7 Å². The number of thioether (sulfide) groups is 1. The van der Waals surface area contributed by atoms with Gasteiger partial charge in [-0.25, -0.2) is 12.7 Å². The summed E-state index contributed by atoms with van der Waals surface area (Å²) in [6.07, 6.45) is 5.80. The minimum atomic E-state index is -2.98. The van der Waals surface area contributed by atoms with E-state index in [-0.39, 0.29) is 0 Å². The number of nitrogens with one attached hydrogen (secondary N) is 1. The Morgan fingerprint density at radius 1 is 1.18 bits per heavy atom. The van der Waals surface area contributed by atoms with Gasteiger partial charge in [-0.3, -0.25) is 0 Å². The molecule has 6 heteroatoms. The average Bonchev–Trinajstić information content (AvgIpc) is 2.30. The van der Waals surface area contributed by atoms with Crippen LogP contribution in [0.25, 0.3) is 0 Å². The Morgan fingerprint density at radius 2 is 1.88 bits per heavy atom. The highest BCUT2D eigenvalue weighted by Gasteiger charge is 2.26. The molecule has 2 saturated heterocycles. The molecule has 17 heavy (non-hydrogen) atoms. The van der Waals surface area contributed by atoms with Crippen molar-refractivity contribution >= 4 is 21.8 Å². The van der Waals surface area contributed by atoms with Crippen molar-refractivity contribution in [3.05, 3.63) is 0 Å². The van der Waals surface area contributed by atoms with Crippen LogP contribution in [0.3, 0.4) is 0 Å². The predicted octanol–water partition coefficient (Wildman–Crippen LogP) is 0.896. The first-order valence-corrected chi connectivity index (χ1v) is 9.35. The Kier molecular flexibility index (Phi) is 4.74. The third-order valence-corrected chi connectivity index (χ3v) is 6.07. The molecular formula is C11H22N2O2S2. The topological polar surface area (TPSA) is 49.4 Å². The Labute approximate surface area is 109 Å². The van der Waals surface area contributed by atoms with Gasteiger partial charge in [-0.05, 0) is 31.4 Å². The Bertz CT molecular complexity index is 331. The van der Waals surface area contributed by atoms with E-state index in [0.717, 1.165) is 12.8 Å². The summed E-state index contributed by atoms with van der Waals surface area (Å²) in [5, 5.41) is 3.69. The van der Waals surface area contributed by atoms with Gasteiger partial charge in [-0.1, -0.05) is 0 Å². The van der Waals surface area contributed by atoms with E-state index < -0.39 is 10.0 Å². The van der Waals surface area contributed by atoms with Crippen molar-refractivity contribution in [3.63, 3.8) is 0 Å². The lowest BCUT2D eigenvalue weighted by Crippen LogP contribution is -2.48. The third-order valence-electron chi connectivity index (χ3n) is 3.55. The second kappa shape index (κ2) is 5.91. The molecule has 4 nitrogen and oxygen atoms in total. The number of hydrogen-bond donors (Lipinski definition) is 1. The highest BCUT2D eigenvalue weighted by Crippen LogP contribution is 2.20. The molecule has 0 aliphatic carbocycles. The maximum absolute atomic E-state index is 11.4. The van der Waals surface area contributed by atoms with Gasteiger partial charge in [0, 0.05) is 30.9 Å². The van der Waals surface area contributed by atoms with Crippen LogP contribution < -0.4 is 5.32 Å². The van der Waals surface area contributed by atoms with Crippen LogP contribution in [0.1, 0.15) is 25.7 Å². The van der Waals surface area contributed by atoms with Crippen molar-refractivity contribution in [2.45, 2.75) is 37.8 Å². The van der Waals surface area contributed by atoms with E-state index in [4.69, 9.17) is 0 Å². The van der Waals surface area contributed by atoms with Crippen LogP contribution in [0.4, 0.5) is 0 Å². The Hall–Kier alpha value is 0.220. The summed E-state index contributed by atoms with van der Waals surface area (Å²) in [6.45, 7) is 1.35. The summed E-state index contributed by atoms with van der Waals surface area (Å²) in [5.74, 6) is 2.51.